The predicted octanol–water partition coefficient (Wildman–Crippen LogP) is 18.0. The third-order valence-electron chi connectivity index (χ3n) is 12.0. The van der Waals surface area contributed by atoms with Gasteiger partial charge in [-0.15, -0.1) is 0 Å². The van der Waals surface area contributed by atoms with Crippen molar-refractivity contribution < 1.29 is 14.6 Å². The van der Waals surface area contributed by atoms with Gasteiger partial charge in [-0.25, -0.2) is 0 Å². The van der Waals surface area contributed by atoms with Gasteiger partial charge in [-0.3, -0.25) is 4.79 Å². The summed E-state index contributed by atoms with van der Waals surface area (Å²) in [4.78, 5) is 12.0. The fraction of sp³-hybridized carbons (Fsp3) is 0.942. The molecule has 0 radical (unpaired) electrons. The lowest BCUT2D eigenvalue weighted by molar-refractivity contribution is -0.143. The van der Waals surface area contributed by atoms with E-state index in [4.69, 9.17) is 4.74 Å². The molecule has 328 valence electrons. The number of esters is 1. The average Bonchev–Trinajstić information content (AvgIpc) is 3.19. The molecule has 1 N–H and O–H groups in total. The third-order valence-corrected chi connectivity index (χ3v) is 12.0. The molecule has 0 amide bonds. The molecule has 0 aromatic rings. The average molecular weight is 775 g/mol. The number of aliphatic hydroxyl groups excluding tert-OH is 1. The Morgan fingerprint density at radius 1 is 0.400 bits per heavy atom. The number of carbonyl (C=O) groups is 1. The first-order valence-corrected chi connectivity index (χ1v) is 25.7. The quantitative estimate of drug-likeness (QED) is 0.0380. The smallest absolute Gasteiger partial charge is 0.305 e. The number of rotatable bonds is 48. The Labute approximate surface area is 347 Å². The predicted molar refractivity (Wildman–Crippen MR) is 245 cm³/mol. The summed E-state index contributed by atoms with van der Waals surface area (Å²) in [6.45, 7) is 5.13. The van der Waals surface area contributed by atoms with E-state index in [2.05, 4.69) is 26.0 Å². The van der Waals surface area contributed by atoms with Crippen LogP contribution in [-0.2, 0) is 9.53 Å². The molecule has 0 heterocycles. The molecule has 0 aliphatic heterocycles. The first-order valence-electron chi connectivity index (χ1n) is 25.7. The number of allylic oxidation sites excluding steroid dienone is 1. The van der Waals surface area contributed by atoms with E-state index in [1.807, 2.05) is 0 Å². The van der Waals surface area contributed by atoms with E-state index in [1.54, 1.807) is 0 Å². The van der Waals surface area contributed by atoms with Crippen LogP contribution in [0.3, 0.4) is 0 Å². The molecule has 0 fully saturated rings. The molecule has 0 saturated carbocycles. The van der Waals surface area contributed by atoms with Gasteiger partial charge >= 0.3 is 5.97 Å². The van der Waals surface area contributed by atoms with Crippen LogP contribution in [0.2, 0.25) is 0 Å². The van der Waals surface area contributed by atoms with Crippen LogP contribution in [0.1, 0.15) is 303 Å². The maximum Gasteiger partial charge on any atom is 0.305 e. The highest BCUT2D eigenvalue weighted by Gasteiger charge is 2.04. The van der Waals surface area contributed by atoms with E-state index in [9.17, 15) is 9.90 Å². The van der Waals surface area contributed by atoms with Crippen LogP contribution < -0.4 is 0 Å². The van der Waals surface area contributed by atoms with Crippen LogP contribution in [-0.4, -0.2) is 23.8 Å². The number of aliphatic hydroxyl groups is 1. The maximum atomic E-state index is 12.0. The molecule has 0 saturated heterocycles. The minimum atomic E-state index is -0.158. The molecule has 0 aromatic carbocycles. The minimum absolute atomic E-state index is 0.00766. The zero-order valence-corrected chi connectivity index (χ0v) is 38.0. The zero-order chi connectivity index (χ0) is 39.8. The number of unbranched alkanes of at least 4 members (excludes halogenated alkanes) is 39. The summed E-state index contributed by atoms with van der Waals surface area (Å²) in [5, 5.41) is 10.0. The Morgan fingerprint density at radius 3 is 1.09 bits per heavy atom. The molecule has 1 atom stereocenters. The van der Waals surface area contributed by atoms with E-state index >= 15 is 0 Å². The van der Waals surface area contributed by atoms with Crippen molar-refractivity contribution in [1.82, 2.24) is 0 Å². The summed E-state index contributed by atoms with van der Waals surface area (Å²) in [6, 6.07) is 0. The minimum Gasteiger partial charge on any atom is -0.466 e. The van der Waals surface area contributed by atoms with Crippen molar-refractivity contribution in [2.75, 3.05) is 6.61 Å². The fourth-order valence-electron chi connectivity index (χ4n) is 8.09. The first kappa shape index (κ1) is 54.2. The van der Waals surface area contributed by atoms with Gasteiger partial charge in [0.25, 0.3) is 0 Å². The van der Waals surface area contributed by atoms with Gasteiger partial charge in [-0.1, -0.05) is 270 Å². The molecule has 0 rings (SSSR count). The molecular weight excluding hydrogens is 673 g/mol. The van der Waals surface area contributed by atoms with Crippen molar-refractivity contribution in [1.29, 1.82) is 0 Å². The van der Waals surface area contributed by atoms with Crippen molar-refractivity contribution in [3.05, 3.63) is 12.2 Å². The van der Waals surface area contributed by atoms with Crippen molar-refractivity contribution in [2.24, 2.45) is 0 Å². The largest absolute Gasteiger partial charge is 0.466 e. The van der Waals surface area contributed by atoms with Crippen molar-refractivity contribution in [2.45, 2.75) is 309 Å². The van der Waals surface area contributed by atoms with Crippen molar-refractivity contribution >= 4 is 5.97 Å². The maximum absolute atomic E-state index is 12.0. The molecule has 0 aliphatic carbocycles. The Hall–Kier alpha value is -0.830. The highest BCUT2D eigenvalue weighted by atomic mass is 16.5. The summed E-state index contributed by atoms with van der Waals surface area (Å²) in [6.07, 6.45) is 63.8. The van der Waals surface area contributed by atoms with Crippen molar-refractivity contribution in [3.8, 4) is 0 Å². The summed E-state index contributed by atoms with van der Waals surface area (Å²) >= 11 is 0. The van der Waals surface area contributed by atoms with Gasteiger partial charge in [0.1, 0.15) is 0 Å². The Morgan fingerprint density at radius 2 is 0.709 bits per heavy atom. The number of ether oxygens (including phenoxy) is 1. The Balaban J connectivity index is 3.19. The second-order valence-corrected chi connectivity index (χ2v) is 17.7. The molecule has 3 heteroatoms. The van der Waals surface area contributed by atoms with E-state index < -0.39 is 0 Å². The molecule has 3 nitrogen and oxygen atoms in total. The van der Waals surface area contributed by atoms with Gasteiger partial charge in [0.15, 0.2) is 0 Å². The van der Waals surface area contributed by atoms with Gasteiger partial charge in [0.2, 0.25) is 0 Å². The lowest BCUT2D eigenvalue weighted by Crippen LogP contribution is -2.05. The Bertz CT molecular complexity index is 732. The standard InChI is InChI=1S/C52H102O3/c1-3-5-7-9-10-11-12-13-14-15-16-17-18-19-20-21-22-23-24-25-26-27-28-29-30-31-32-35-38-41-45-49-52(54)55-50-46-42-39-36-33-34-37-40-44-48-51(53)47-43-8-6-4-2/h40,44,51,53H,3-39,41-43,45-50H2,1-2H3/b44-40-/t51-/m1/s1. The monoisotopic (exact) mass is 775 g/mol. The zero-order valence-electron chi connectivity index (χ0n) is 38.0. The fourth-order valence-corrected chi connectivity index (χ4v) is 8.09. The highest BCUT2D eigenvalue weighted by molar-refractivity contribution is 5.69. The third kappa shape index (κ3) is 49.2. The Kier molecular flexibility index (Phi) is 48.6. The van der Waals surface area contributed by atoms with E-state index in [0.717, 1.165) is 44.9 Å². The van der Waals surface area contributed by atoms with Crippen LogP contribution in [0.15, 0.2) is 12.2 Å². The number of carbonyl (C=O) groups excluding carboxylic acids is 1. The van der Waals surface area contributed by atoms with Crippen LogP contribution >= 0.6 is 0 Å². The summed E-state index contributed by atoms with van der Waals surface area (Å²) in [5.41, 5.74) is 0. The second kappa shape index (κ2) is 49.3. The summed E-state index contributed by atoms with van der Waals surface area (Å²) in [5.74, 6) is 0.00766. The van der Waals surface area contributed by atoms with Crippen LogP contribution in [0, 0.1) is 0 Å². The summed E-state index contributed by atoms with van der Waals surface area (Å²) < 4.78 is 5.47. The first-order chi connectivity index (χ1) is 27.2. The SMILES string of the molecule is CCCCCCCCCCCCCCCCCCCCCCCCCCCCCCCCCC(=O)OCCCCCCCC/C=C\C[C@H](O)CCCCCC. The molecule has 0 aromatic heterocycles. The number of hydrogen-bond donors (Lipinski definition) is 1. The van der Waals surface area contributed by atoms with E-state index in [1.165, 1.54) is 238 Å². The second-order valence-electron chi connectivity index (χ2n) is 17.7. The topological polar surface area (TPSA) is 46.5 Å². The normalized spacial score (nSPS) is 12.3. The van der Waals surface area contributed by atoms with Crippen LogP contribution in [0.25, 0.3) is 0 Å². The lowest BCUT2D eigenvalue weighted by Gasteiger charge is -2.07. The molecule has 0 bridgehead atoms. The molecular formula is C52H102O3. The van der Waals surface area contributed by atoms with Crippen LogP contribution in [0.5, 0.6) is 0 Å². The molecule has 0 aliphatic rings. The highest BCUT2D eigenvalue weighted by Crippen LogP contribution is 2.17. The van der Waals surface area contributed by atoms with Crippen molar-refractivity contribution in [3.63, 3.8) is 0 Å². The van der Waals surface area contributed by atoms with Crippen LogP contribution in [0.4, 0.5) is 0 Å². The number of hydrogen-bond acceptors (Lipinski definition) is 3. The molecule has 55 heavy (non-hydrogen) atoms. The van der Waals surface area contributed by atoms with Gasteiger partial charge in [-0.05, 0) is 38.5 Å². The molecule has 0 unspecified atom stereocenters. The van der Waals surface area contributed by atoms with E-state index in [-0.39, 0.29) is 12.1 Å². The van der Waals surface area contributed by atoms with Gasteiger partial charge in [0.05, 0.1) is 12.7 Å². The molecule has 0 spiro atoms. The lowest BCUT2D eigenvalue weighted by atomic mass is 10.0. The van der Waals surface area contributed by atoms with Gasteiger partial charge < -0.3 is 9.84 Å². The van der Waals surface area contributed by atoms with Gasteiger partial charge in [0, 0.05) is 6.42 Å². The van der Waals surface area contributed by atoms with Gasteiger partial charge in [-0.2, -0.15) is 0 Å². The summed E-state index contributed by atoms with van der Waals surface area (Å²) in [7, 11) is 0. The van der Waals surface area contributed by atoms with E-state index in [0.29, 0.717) is 13.0 Å².